The summed E-state index contributed by atoms with van der Waals surface area (Å²) in [5.74, 6) is 0.969. The third kappa shape index (κ3) is 2.08. The average molecular weight is 218 g/mol. The van der Waals surface area contributed by atoms with E-state index in [0.717, 1.165) is 5.69 Å². The molecule has 5 nitrogen and oxygen atoms in total. The summed E-state index contributed by atoms with van der Waals surface area (Å²) in [7, 11) is 0. The van der Waals surface area contributed by atoms with Crippen molar-refractivity contribution in [1.82, 2.24) is 20.2 Å². The summed E-state index contributed by atoms with van der Waals surface area (Å²) in [6, 6.07) is 1.88. The SMILES string of the molecule is Cc1nnc(-c2cc(C(C)(C)C)ncn2)o1. The summed E-state index contributed by atoms with van der Waals surface area (Å²) in [5, 5.41) is 7.71. The molecule has 0 spiro atoms. The minimum atomic E-state index is -0.0211. The van der Waals surface area contributed by atoms with Crippen LogP contribution < -0.4 is 0 Å². The number of aryl methyl sites for hydroxylation is 1. The van der Waals surface area contributed by atoms with Gasteiger partial charge >= 0.3 is 0 Å². The second-order valence-corrected chi connectivity index (χ2v) is 4.66. The van der Waals surface area contributed by atoms with Gasteiger partial charge in [0, 0.05) is 18.0 Å². The van der Waals surface area contributed by atoms with Crippen LogP contribution in [0.25, 0.3) is 11.6 Å². The summed E-state index contributed by atoms with van der Waals surface area (Å²) < 4.78 is 5.32. The second-order valence-electron chi connectivity index (χ2n) is 4.66. The summed E-state index contributed by atoms with van der Waals surface area (Å²) in [6.45, 7) is 8.04. The Bertz CT molecular complexity index is 499. The molecule has 0 aromatic carbocycles. The Morgan fingerprint density at radius 2 is 1.88 bits per heavy atom. The molecule has 0 saturated carbocycles. The van der Waals surface area contributed by atoms with Crippen LogP contribution in [0.1, 0.15) is 32.4 Å². The number of hydrogen-bond donors (Lipinski definition) is 0. The monoisotopic (exact) mass is 218 g/mol. The second kappa shape index (κ2) is 3.66. The van der Waals surface area contributed by atoms with Crippen molar-refractivity contribution in [1.29, 1.82) is 0 Å². The van der Waals surface area contributed by atoms with Gasteiger partial charge in [-0.15, -0.1) is 10.2 Å². The number of aromatic nitrogens is 4. The Hall–Kier alpha value is -1.78. The molecule has 0 aliphatic rings. The highest BCUT2D eigenvalue weighted by Gasteiger charge is 2.17. The van der Waals surface area contributed by atoms with Crippen LogP contribution in [0.5, 0.6) is 0 Å². The van der Waals surface area contributed by atoms with Gasteiger partial charge in [-0.1, -0.05) is 20.8 Å². The highest BCUT2D eigenvalue weighted by atomic mass is 16.4. The zero-order valence-electron chi connectivity index (χ0n) is 9.85. The fraction of sp³-hybridized carbons (Fsp3) is 0.455. The number of hydrogen-bond acceptors (Lipinski definition) is 5. The van der Waals surface area contributed by atoms with Crippen LogP contribution in [0.2, 0.25) is 0 Å². The van der Waals surface area contributed by atoms with E-state index in [1.54, 1.807) is 6.92 Å². The van der Waals surface area contributed by atoms with Gasteiger partial charge in [0.05, 0.1) is 0 Å². The Morgan fingerprint density at radius 1 is 1.12 bits per heavy atom. The van der Waals surface area contributed by atoms with Gasteiger partial charge in [0.1, 0.15) is 12.0 Å². The van der Waals surface area contributed by atoms with Crippen LogP contribution in [0.3, 0.4) is 0 Å². The molecule has 0 radical (unpaired) electrons. The lowest BCUT2D eigenvalue weighted by Gasteiger charge is -2.17. The maximum absolute atomic E-state index is 5.32. The van der Waals surface area contributed by atoms with Gasteiger partial charge in [-0.2, -0.15) is 0 Å². The fourth-order valence-electron chi connectivity index (χ4n) is 1.28. The Morgan fingerprint density at radius 3 is 2.44 bits per heavy atom. The molecule has 0 bridgehead atoms. The van der Waals surface area contributed by atoms with Crippen LogP contribution in [0, 0.1) is 6.92 Å². The smallest absolute Gasteiger partial charge is 0.266 e. The first-order valence-corrected chi connectivity index (χ1v) is 5.10. The molecular weight excluding hydrogens is 204 g/mol. The standard InChI is InChI=1S/C11H14N4O/c1-7-14-15-10(16-7)8-5-9(11(2,3)4)13-6-12-8/h5-6H,1-4H3. The molecule has 0 fully saturated rings. The van der Waals surface area contributed by atoms with Crippen molar-refractivity contribution < 1.29 is 4.42 Å². The van der Waals surface area contributed by atoms with Crippen LogP contribution in [-0.4, -0.2) is 20.2 Å². The van der Waals surface area contributed by atoms with Crippen molar-refractivity contribution in [2.75, 3.05) is 0 Å². The topological polar surface area (TPSA) is 64.7 Å². The molecule has 2 aromatic rings. The number of rotatable bonds is 1. The fourth-order valence-corrected chi connectivity index (χ4v) is 1.28. The molecule has 0 amide bonds. The zero-order valence-corrected chi connectivity index (χ0v) is 9.85. The van der Waals surface area contributed by atoms with E-state index in [1.165, 1.54) is 6.33 Å². The molecule has 2 aromatic heterocycles. The van der Waals surface area contributed by atoms with E-state index in [-0.39, 0.29) is 5.41 Å². The first-order chi connectivity index (χ1) is 7.47. The Balaban J connectivity index is 2.44. The highest BCUT2D eigenvalue weighted by molar-refractivity contribution is 5.46. The van der Waals surface area contributed by atoms with Crippen molar-refractivity contribution in [2.45, 2.75) is 33.1 Å². The summed E-state index contributed by atoms with van der Waals surface area (Å²) in [5.41, 5.74) is 1.60. The summed E-state index contributed by atoms with van der Waals surface area (Å²) in [4.78, 5) is 8.37. The zero-order chi connectivity index (χ0) is 11.8. The maximum Gasteiger partial charge on any atom is 0.266 e. The molecule has 0 unspecified atom stereocenters. The lowest BCUT2D eigenvalue weighted by Crippen LogP contribution is -2.13. The highest BCUT2D eigenvalue weighted by Crippen LogP contribution is 2.23. The molecule has 2 heterocycles. The van der Waals surface area contributed by atoms with E-state index in [2.05, 4.69) is 40.9 Å². The number of nitrogens with zero attached hydrogens (tertiary/aromatic N) is 4. The molecule has 0 aliphatic heterocycles. The molecular formula is C11H14N4O. The lowest BCUT2D eigenvalue weighted by molar-refractivity contribution is 0.528. The molecule has 2 rings (SSSR count). The van der Waals surface area contributed by atoms with Crippen LogP contribution in [0.15, 0.2) is 16.8 Å². The summed E-state index contributed by atoms with van der Waals surface area (Å²) in [6.07, 6.45) is 1.52. The van der Waals surface area contributed by atoms with E-state index < -0.39 is 0 Å². The van der Waals surface area contributed by atoms with Gasteiger partial charge < -0.3 is 4.42 Å². The Kier molecular flexibility index (Phi) is 2.46. The van der Waals surface area contributed by atoms with Gasteiger partial charge in [-0.05, 0) is 6.07 Å². The normalized spacial score (nSPS) is 11.8. The van der Waals surface area contributed by atoms with E-state index in [0.29, 0.717) is 17.5 Å². The van der Waals surface area contributed by atoms with E-state index in [1.807, 2.05) is 6.07 Å². The molecule has 0 saturated heterocycles. The molecule has 16 heavy (non-hydrogen) atoms. The third-order valence-corrected chi connectivity index (χ3v) is 2.18. The molecule has 5 heteroatoms. The largest absolute Gasteiger partial charge is 0.420 e. The van der Waals surface area contributed by atoms with Gasteiger partial charge in [-0.25, -0.2) is 9.97 Å². The van der Waals surface area contributed by atoms with Crippen molar-refractivity contribution in [3.05, 3.63) is 24.0 Å². The minimum absolute atomic E-state index is 0.0211. The Labute approximate surface area is 94.0 Å². The molecule has 0 atom stereocenters. The van der Waals surface area contributed by atoms with E-state index >= 15 is 0 Å². The van der Waals surface area contributed by atoms with Crippen molar-refractivity contribution in [3.8, 4) is 11.6 Å². The van der Waals surface area contributed by atoms with E-state index in [9.17, 15) is 0 Å². The van der Waals surface area contributed by atoms with Crippen LogP contribution in [0.4, 0.5) is 0 Å². The average Bonchev–Trinajstić information content (AvgIpc) is 2.64. The van der Waals surface area contributed by atoms with Gasteiger partial charge in [0.25, 0.3) is 5.89 Å². The summed E-state index contributed by atoms with van der Waals surface area (Å²) >= 11 is 0. The van der Waals surface area contributed by atoms with Crippen molar-refractivity contribution >= 4 is 0 Å². The third-order valence-electron chi connectivity index (χ3n) is 2.18. The first-order valence-electron chi connectivity index (χ1n) is 5.10. The van der Waals surface area contributed by atoms with Crippen LogP contribution >= 0.6 is 0 Å². The minimum Gasteiger partial charge on any atom is -0.420 e. The van der Waals surface area contributed by atoms with Crippen molar-refractivity contribution in [2.24, 2.45) is 0 Å². The lowest BCUT2D eigenvalue weighted by atomic mass is 9.91. The molecule has 0 N–H and O–H groups in total. The van der Waals surface area contributed by atoms with Gasteiger partial charge in [-0.3, -0.25) is 0 Å². The van der Waals surface area contributed by atoms with E-state index in [4.69, 9.17) is 4.42 Å². The van der Waals surface area contributed by atoms with Crippen LogP contribution in [-0.2, 0) is 5.41 Å². The molecule has 0 aliphatic carbocycles. The predicted molar refractivity (Wildman–Crippen MR) is 58.8 cm³/mol. The first kappa shape index (κ1) is 10.7. The quantitative estimate of drug-likeness (QED) is 0.733. The molecule has 84 valence electrons. The maximum atomic E-state index is 5.32. The van der Waals surface area contributed by atoms with Gasteiger partial charge in [0.2, 0.25) is 5.89 Å². The predicted octanol–water partition coefficient (Wildman–Crippen LogP) is 2.13. The van der Waals surface area contributed by atoms with Crippen molar-refractivity contribution in [3.63, 3.8) is 0 Å². The van der Waals surface area contributed by atoms with Gasteiger partial charge in [0.15, 0.2) is 0 Å².